The number of hydrogen-bond acceptors (Lipinski definition) is 4. The van der Waals surface area contributed by atoms with Crippen LogP contribution in [0.5, 0.6) is 0 Å². The van der Waals surface area contributed by atoms with Gasteiger partial charge in [0.15, 0.2) is 0 Å². The Hall–Kier alpha value is -1.30. The molecule has 0 aliphatic carbocycles. The molecule has 1 heterocycles. The van der Waals surface area contributed by atoms with Crippen LogP contribution in [0.25, 0.3) is 0 Å². The number of methoxy groups -OCH3 is 1. The van der Waals surface area contributed by atoms with E-state index in [0.717, 1.165) is 32.5 Å². The number of likely N-dealkylation sites (tertiary alicyclic amines) is 1. The van der Waals surface area contributed by atoms with E-state index in [4.69, 9.17) is 22.1 Å². The molecule has 0 aromatic heterocycles. The van der Waals surface area contributed by atoms with Crippen LogP contribution in [0.15, 0.2) is 18.2 Å². The molecule has 1 aromatic rings. The van der Waals surface area contributed by atoms with E-state index in [0.29, 0.717) is 22.8 Å². The summed E-state index contributed by atoms with van der Waals surface area (Å²) < 4.78 is 5.38. The third kappa shape index (κ3) is 4.88. The number of anilines is 2. The van der Waals surface area contributed by atoms with E-state index in [1.54, 1.807) is 25.3 Å². The molecule has 5 nitrogen and oxygen atoms in total. The van der Waals surface area contributed by atoms with E-state index in [1.807, 2.05) is 0 Å². The summed E-state index contributed by atoms with van der Waals surface area (Å²) in [5, 5.41) is 3.38. The summed E-state index contributed by atoms with van der Waals surface area (Å²) in [6.07, 6.45) is 2.94. The lowest BCUT2D eigenvalue weighted by molar-refractivity contribution is -0.116. The molecule has 0 bridgehead atoms. The summed E-state index contributed by atoms with van der Waals surface area (Å²) >= 11 is 5.83. The molecule has 2 rings (SSSR count). The van der Waals surface area contributed by atoms with Crippen LogP contribution in [-0.4, -0.2) is 43.7 Å². The van der Waals surface area contributed by atoms with E-state index >= 15 is 0 Å². The Morgan fingerprint density at radius 1 is 1.57 bits per heavy atom. The van der Waals surface area contributed by atoms with E-state index < -0.39 is 0 Å². The van der Waals surface area contributed by atoms with Crippen molar-refractivity contribution < 1.29 is 9.53 Å². The number of amides is 1. The number of piperidine rings is 1. The molecule has 0 spiro atoms. The fourth-order valence-corrected chi connectivity index (χ4v) is 2.71. The zero-order chi connectivity index (χ0) is 15.2. The average molecular weight is 312 g/mol. The molecule has 1 amide bonds. The van der Waals surface area contributed by atoms with Gasteiger partial charge in [-0.05, 0) is 37.6 Å². The number of nitrogens with one attached hydrogen (secondary N) is 1. The first-order valence-electron chi connectivity index (χ1n) is 7.18. The minimum Gasteiger partial charge on any atom is -0.397 e. The van der Waals surface area contributed by atoms with Crippen LogP contribution in [0.4, 0.5) is 11.4 Å². The highest BCUT2D eigenvalue weighted by Gasteiger charge is 2.19. The Bertz CT molecular complexity index is 496. The summed E-state index contributed by atoms with van der Waals surface area (Å²) in [5.41, 5.74) is 6.91. The van der Waals surface area contributed by atoms with Crippen LogP contribution in [-0.2, 0) is 9.53 Å². The van der Waals surface area contributed by atoms with Gasteiger partial charge in [-0.3, -0.25) is 4.79 Å². The number of nitrogen functional groups attached to an aromatic ring is 1. The van der Waals surface area contributed by atoms with Gasteiger partial charge in [-0.1, -0.05) is 11.6 Å². The third-order valence-corrected chi connectivity index (χ3v) is 3.97. The summed E-state index contributed by atoms with van der Waals surface area (Å²) in [6, 6.07) is 5.06. The number of nitrogens with zero attached hydrogens (tertiary/aromatic N) is 1. The van der Waals surface area contributed by atoms with Gasteiger partial charge in [0.1, 0.15) is 0 Å². The van der Waals surface area contributed by atoms with Crippen molar-refractivity contribution in [2.24, 2.45) is 0 Å². The molecule has 21 heavy (non-hydrogen) atoms. The molecule has 1 saturated heterocycles. The third-order valence-electron chi connectivity index (χ3n) is 3.74. The number of ether oxygens (including phenoxy) is 1. The fraction of sp³-hybridized carbons (Fsp3) is 0.533. The van der Waals surface area contributed by atoms with E-state index in [-0.39, 0.29) is 12.0 Å². The monoisotopic (exact) mass is 311 g/mol. The highest BCUT2D eigenvalue weighted by atomic mass is 35.5. The van der Waals surface area contributed by atoms with Gasteiger partial charge in [0.25, 0.3) is 0 Å². The molecule has 1 aromatic carbocycles. The first-order valence-corrected chi connectivity index (χ1v) is 7.56. The van der Waals surface area contributed by atoms with Gasteiger partial charge in [0.2, 0.25) is 5.91 Å². The Kier molecular flexibility index (Phi) is 5.85. The first-order chi connectivity index (χ1) is 10.1. The predicted octanol–water partition coefficient (Wildman–Crippen LogP) is 2.36. The molecule has 1 atom stereocenters. The molecule has 1 aliphatic rings. The highest BCUT2D eigenvalue weighted by Crippen LogP contribution is 2.22. The maximum absolute atomic E-state index is 12.0. The van der Waals surface area contributed by atoms with Crippen LogP contribution in [0, 0.1) is 0 Å². The molecular weight excluding hydrogens is 290 g/mol. The normalized spacial score (nSPS) is 19.4. The van der Waals surface area contributed by atoms with Crippen molar-refractivity contribution in [3.8, 4) is 0 Å². The minimum absolute atomic E-state index is 0.0384. The maximum Gasteiger partial charge on any atom is 0.225 e. The maximum atomic E-state index is 12.0. The number of carbonyl (C=O) groups is 1. The standard InChI is InChI=1S/C15H22ClN3O2/c1-21-12-3-2-7-19(10-12)8-6-15(20)18-14-5-4-11(16)9-13(14)17/h4-5,9,12H,2-3,6-8,10,17H2,1H3,(H,18,20). The SMILES string of the molecule is COC1CCCN(CCC(=O)Nc2ccc(Cl)cc2N)C1. The summed E-state index contributed by atoms with van der Waals surface area (Å²) in [6.45, 7) is 2.66. The number of benzene rings is 1. The van der Waals surface area contributed by atoms with E-state index in [9.17, 15) is 4.79 Å². The van der Waals surface area contributed by atoms with Crippen molar-refractivity contribution in [1.29, 1.82) is 0 Å². The topological polar surface area (TPSA) is 67.6 Å². The Morgan fingerprint density at radius 3 is 3.10 bits per heavy atom. The van der Waals surface area contributed by atoms with E-state index in [1.165, 1.54) is 0 Å². The summed E-state index contributed by atoms with van der Waals surface area (Å²) in [7, 11) is 1.74. The quantitative estimate of drug-likeness (QED) is 0.819. The second-order valence-corrected chi connectivity index (χ2v) is 5.77. The smallest absolute Gasteiger partial charge is 0.225 e. The number of hydrogen-bond donors (Lipinski definition) is 2. The summed E-state index contributed by atoms with van der Waals surface area (Å²) in [4.78, 5) is 14.3. The summed E-state index contributed by atoms with van der Waals surface area (Å²) in [5.74, 6) is -0.0384. The van der Waals surface area contributed by atoms with Crippen molar-refractivity contribution in [2.45, 2.75) is 25.4 Å². The number of carbonyl (C=O) groups excluding carboxylic acids is 1. The van der Waals surface area contributed by atoms with Gasteiger partial charge < -0.3 is 20.7 Å². The van der Waals surface area contributed by atoms with Crippen molar-refractivity contribution in [1.82, 2.24) is 4.90 Å². The number of rotatable bonds is 5. The fourth-order valence-electron chi connectivity index (χ4n) is 2.53. The Labute approximate surface area is 130 Å². The lowest BCUT2D eigenvalue weighted by Crippen LogP contribution is -2.40. The zero-order valence-electron chi connectivity index (χ0n) is 12.3. The van der Waals surface area contributed by atoms with Gasteiger partial charge in [-0.25, -0.2) is 0 Å². The second-order valence-electron chi connectivity index (χ2n) is 5.33. The van der Waals surface area contributed by atoms with Crippen molar-refractivity contribution in [3.63, 3.8) is 0 Å². The Morgan fingerprint density at radius 2 is 2.38 bits per heavy atom. The van der Waals surface area contributed by atoms with Gasteiger partial charge >= 0.3 is 0 Å². The molecule has 3 N–H and O–H groups in total. The highest BCUT2D eigenvalue weighted by molar-refractivity contribution is 6.31. The molecule has 1 unspecified atom stereocenters. The second kappa shape index (κ2) is 7.64. The molecular formula is C15H22ClN3O2. The van der Waals surface area contributed by atoms with Gasteiger partial charge in [-0.2, -0.15) is 0 Å². The number of nitrogens with two attached hydrogens (primary N) is 1. The molecule has 1 aliphatic heterocycles. The largest absolute Gasteiger partial charge is 0.397 e. The molecule has 0 radical (unpaired) electrons. The number of halogens is 1. The molecule has 0 saturated carbocycles. The van der Waals surface area contributed by atoms with Crippen molar-refractivity contribution in [3.05, 3.63) is 23.2 Å². The molecule has 6 heteroatoms. The van der Waals surface area contributed by atoms with E-state index in [2.05, 4.69) is 10.2 Å². The minimum atomic E-state index is -0.0384. The Balaban J connectivity index is 1.79. The zero-order valence-corrected chi connectivity index (χ0v) is 13.0. The van der Waals surface area contributed by atoms with Crippen molar-refractivity contribution >= 4 is 28.9 Å². The lowest BCUT2D eigenvalue weighted by atomic mass is 10.1. The lowest BCUT2D eigenvalue weighted by Gasteiger charge is -2.31. The molecule has 1 fully saturated rings. The van der Waals surface area contributed by atoms with Crippen molar-refractivity contribution in [2.75, 3.05) is 37.8 Å². The van der Waals surface area contributed by atoms with Gasteiger partial charge in [0.05, 0.1) is 17.5 Å². The first kappa shape index (κ1) is 16.1. The predicted molar refractivity (Wildman–Crippen MR) is 85.6 cm³/mol. The van der Waals surface area contributed by atoms with Crippen LogP contribution >= 0.6 is 11.6 Å². The molecule has 116 valence electrons. The van der Waals surface area contributed by atoms with Gasteiger partial charge in [-0.15, -0.1) is 0 Å². The van der Waals surface area contributed by atoms with Crippen LogP contribution in [0.1, 0.15) is 19.3 Å². The van der Waals surface area contributed by atoms with Gasteiger partial charge in [0, 0.05) is 31.6 Å². The van der Waals surface area contributed by atoms with Crippen LogP contribution < -0.4 is 11.1 Å². The average Bonchev–Trinajstić information content (AvgIpc) is 2.48. The van der Waals surface area contributed by atoms with Crippen LogP contribution in [0.3, 0.4) is 0 Å². The van der Waals surface area contributed by atoms with Crippen LogP contribution in [0.2, 0.25) is 5.02 Å².